The minimum absolute atomic E-state index is 0.248. The van der Waals surface area contributed by atoms with Crippen LogP contribution in [0.1, 0.15) is 23.4 Å². The normalized spacial score (nSPS) is 17.2. The van der Waals surface area contributed by atoms with Crippen LogP contribution in [0, 0.1) is 19.8 Å². The zero-order valence-corrected chi connectivity index (χ0v) is 14.4. The number of amides is 2. The molecule has 0 spiro atoms. The Labute approximate surface area is 141 Å². The number of hydrogen-bond acceptors (Lipinski definition) is 4. The van der Waals surface area contributed by atoms with Gasteiger partial charge in [0.05, 0.1) is 18.5 Å². The van der Waals surface area contributed by atoms with Crippen molar-refractivity contribution in [3.8, 4) is 0 Å². The number of anilines is 1. The summed E-state index contributed by atoms with van der Waals surface area (Å²) in [4.78, 5) is 12.2. The Morgan fingerprint density at radius 3 is 2.96 bits per heavy atom. The second-order valence-corrected chi connectivity index (χ2v) is 6.21. The average molecular weight is 332 g/mol. The third-order valence-corrected chi connectivity index (χ3v) is 4.50. The highest BCUT2D eigenvalue weighted by molar-refractivity contribution is 5.88. The molecule has 1 aliphatic heterocycles. The molecule has 0 aliphatic carbocycles. The van der Waals surface area contributed by atoms with Crippen molar-refractivity contribution >= 4 is 11.8 Å². The van der Waals surface area contributed by atoms with Crippen molar-refractivity contribution in [1.82, 2.24) is 24.9 Å². The smallest absolute Gasteiger partial charge is 0.320 e. The molecule has 8 heteroatoms. The molecule has 1 aliphatic rings. The summed E-state index contributed by atoms with van der Waals surface area (Å²) < 4.78 is 9.03. The van der Waals surface area contributed by atoms with Gasteiger partial charge >= 0.3 is 6.03 Å². The molecule has 130 valence electrons. The van der Waals surface area contributed by atoms with E-state index in [4.69, 9.17) is 4.74 Å². The van der Waals surface area contributed by atoms with Crippen LogP contribution in [0.4, 0.5) is 10.6 Å². The first-order chi connectivity index (χ1) is 11.5. The van der Waals surface area contributed by atoms with Gasteiger partial charge in [-0.3, -0.25) is 10.00 Å². The lowest BCUT2D eigenvalue weighted by molar-refractivity contribution is 0.181. The molecule has 1 unspecified atom stereocenters. The number of carbonyl (C=O) groups is 1. The van der Waals surface area contributed by atoms with E-state index in [1.807, 2.05) is 30.3 Å². The Morgan fingerprint density at radius 1 is 1.46 bits per heavy atom. The van der Waals surface area contributed by atoms with Crippen LogP contribution in [0.3, 0.4) is 0 Å². The summed E-state index contributed by atoms with van der Waals surface area (Å²) >= 11 is 0. The molecule has 0 bridgehead atoms. The first-order valence-electron chi connectivity index (χ1n) is 8.18. The zero-order valence-electron chi connectivity index (χ0n) is 14.4. The summed E-state index contributed by atoms with van der Waals surface area (Å²) in [5, 5.41) is 14.4. The summed E-state index contributed by atoms with van der Waals surface area (Å²) in [7, 11) is 1.90. The number of nitrogens with one attached hydrogen (secondary N) is 2. The number of aryl methyl sites for hydroxylation is 2. The van der Waals surface area contributed by atoms with Crippen LogP contribution in [-0.2, 0) is 24.9 Å². The van der Waals surface area contributed by atoms with E-state index < -0.39 is 0 Å². The van der Waals surface area contributed by atoms with Crippen molar-refractivity contribution in [1.29, 1.82) is 0 Å². The fourth-order valence-corrected chi connectivity index (χ4v) is 2.96. The van der Waals surface area contributed by atoms with E-state index in [2.05, 4.69) is 20.8 Å². The van der Waals surface area contributed by atoms with Crippen LogP contribution >= 0.6 is 0 Å². The molecule has 0 radical (unpaired) electrons. The van der Waals surface area contributed by atoms with Crippen molar-refractivity contribution in [2.45, 2.75) is 33.4 Å². The molecule has 8 nitrogen and oxygen atoms in total. The Morgan fingerprint density at radius 2 is 2.29 bits per heavy atom. The number of hydrogen-bond donors (Lipinski definition) is 2. The van der Waals surface area contributed by atoms with Crippen LogP contribution in [0.15, 0.2) is 12.3 Å². The molecule has 24 heavy (non-hydrogen) atoms. The van der Waals surface area contributed by atoms with Crippen LogP contribution in [-0.4, -0.2) is 38.8 Å². The summed E-state index contributed by atoms with van der Waals surface area (Å²) in [5.74, 6) is 1.15. The summed E-state index contributed by atoms with van der Waals surface area (Å²) in [6.45, 7) is 6.70. The predicted octanol–water partition coefficient (Wildman–Crippen LogP) is 1.59. The van der Waals surface area contributed by atoms with Gasteiger partial charge in [-0.05, 0) is 20.3 Å². The van der Waals surface area contributed by atoms with Gasteiger partial charge < -0.3 is 10.1 Å². The number of rotatable bonds is 5. The largest absolute Gasteiger partial charge is 0.381 e. The van der Waals surface area contributed by atoms with Crippen LogP contribution in [0.2, 0.25) is 0 Å². The minimum atomic E-state index is -0.248. The van der Waals surface area contributed by atoms with Gasteiger partial charge in [0, 0.05) is 50.0 Å². The topological polar surface area (TPSA) is 86.0 Å². The standard InChI is InChI=1S/C16H24N6O2/c1-11-14(12(2)21(3)20-11)8-17-16(23)19-15-4-6-18-22(15)9-13-5-7-24-10-13/h4,6,13H,5,7-10H2,1-3H3,(H2,17,19,23). The molecule has 1 atom stereocenters. The second-order valence-electron chi connectivity index (χ2n) is 6.21. The van der Waals surface area contributed by atoms with E-state index in [1.165, 1.54) is 0 Å². The van der Waals surface area contributed by atoms with Crippen LogP contribution < -0.4 is 10.6 Å². The first-order valence-corrected chi connectivity index (χ1v) is 8.18. The van der Waals surface area contributed by atoms with E-state index in [-0.39, 0.29) is 6.03 Å². The van der Waals surface area contributed by atoms with E-state index >= 15 is 0 Å². The van der Waals surface area contributed by atoms with Crippen LogP contribution in [0.25, 0.3) is 0 Å². The molecule has 3 heterocycles. The Kier molecular flexibility index (Phi) is 4.84. The van der Waals surface area contributed by atoms with Crippen molar-refractivity contribution in [2.75, 3.05) is 18.5 Å². The van der Waals surface area contributed by atoms with Gasteiger partial charge in [0.15, 0.2) is 0 Å². The zero-order chi connectivity index (χ0) is 17.1. The Hall–Kier alpha value is -2.35. The first kappa shape index (κ1) is 16.5. The van der Waals surface area contributed by atoms with Gasteiger partial charge in [-0.1, -0.05) is 0 Å². The highest BCUT2D eigenvalue weighted by atomic mass is 16.5. The molecule has 0 aromatic carbocycles. The quantitative estimate of drug-likeness (QED) is 0.871. The van der Waals surface area contributed by atoms with E-state index in [1.54, 1.807) is 12.3 Å². The molecular formula is C16H24N6O2. The molecule has 1 saturated heterocycles. The molecule has 3 rings (SSSR count). The SMILES string of the molecule is Cc1nn(C)c(C)c1CNC(=O)Nc1ccnn1CC1CCOC1. The maximum Gasteiger partial charge on any atom is 0.320 e. The number of ether oxygens (including phenoxy) is 1. The van der Waals surface area contributed by atoms with Gasteiger partial charge in [-0.2, -0.15) is 10.2 Å². The minimum Gasteiger partial charge on any atom is -0.381 e. The third-order valence-electron chi connectivity index (χ3n) is 4.50. The number of urea groups is 1. The molecular weight excluding hydrogens is 308 g/mol. The Bertz CT molecular complexity index is 714. The van der Waals surface area contributed by atoms with E-state index in [9.17, 15) is 4.79 Å². The van der Waals surface area contributed by atoms with Gasteiger partial charge in [0.1, 0.15) is 5.82 Å². The molecule has 2 amide bonds. The van der Waals surface area contributed by atoms with Crippen molar-refractivity contribution in [2.24, 2.45) is 13.0 Å². The molecule has 2 aromatic rings. The fraction of sp³-hybridized carbons (Fsp3) is 0.562. The van der Waals surface area contributed by atoms with Gasteiger partial charge in [0.2, 0.25) is 0 Å². The van der Waals surface area contributed by atoms with Gasteiger partial charge in [-0.25, -0.2) is 9.48 Å². The monoisotopic (exact) mass is 332 g/mol. The second kappa shape index (κ2) is 7.04. The third kappa shape index (κ3) is 3.59. The lowest BCUT2D eigenvalue weighted by Crippen LogP contribution is -2.30. The predicted molar refractivity (Wildman–Crippen MR) is 89.7 cm³/mol. The van der Waals surface area contributed by atoms with Crippen molar-refractivity contribution < 1.29 is 9.53 Å². The number of nitrogens with zero attached hydrogens (tertiary/aromatic N) is 4. The van der Waals surface area contributed by atoms with E-state index in [0.29, 0.717) is 18.3 Å². The fourth-order valence-electron chi connectivity index (χ4n) is 2.96. The van der Waals surface area contributed by atoms with Crippen molar-refractivity contribution in [3.05, 3.63) is 29.2 Å². The molecule has 2 N–H and O–H groups in total. The maximum absolute atomic E-state index is 12.2. The molecule has 2 aromatic heterocycles. The van der Waals surface area contributed by atoms with E-state index in [0.717, 1.165) is 43.1 Å². The van der Waals surface area contributed by atoms with Crippen molar-refractivity contribution in [3.63, 3.8) is 0 Å². The number of carbonyl (C=O) groups excluding carboxylic acids is 1. The molecule has 1 fully saturated rings. The number of aromatic nitrogens is 4. The highest BCUT2D eigenvalue weighted by Gasteiger charge is 2.18. The summed E-state index contributed by atoms with van der Waals surface area (Å²) in [5.41, 5.74) is 3.03. The van der Waals surface area contributed by atoms with Gasteiger partial charge in [0.25, 0.3) is 0 Å². The summed E-state index contributed by atoms with van der Waals surface area (Å²) in [6.07, 6.45) is 2.73. The average Bonchev–Trinajstić information content (AvgIpc) is 3.24. The lowest BCUT2D eigenvalue weighted by atomic mass is 10.1. The Balaban J connectivity index is 1.56. The lowest BCUT2D eigenvalue weighted by Gasteiger charge is -2.13. The highest BCUT2D eigenvalue weighted by Crippen LogP contribution is 2.17. The summed E-state index contributed by atoms with van der Waals surface area (Å²) in [6, 6.07) is 1.55. The van der Waals surface area contributed by atoms with Crippen LogP contribution in [0.5, 0.6) is 0 Å². The molecule has 0 saturated carbocycles. The maximum atomic E-state index is 12.2. The van der Waals surface area contributed by atoms with Gasteiger partial charge in [-0.15, -0.1) is 0 Å².